The van der Waals surface area contributed by atoms with Gasteiger partial charge < -0.3 is 9.88 Å². The molecule has 0 spiro atoms. The van der Waals surface area contributed by atoms with E-state index in [1.807, 2.05) is 17.9 Å². The molecule has 1 aliphatic carbocycles. The first-order valence-corrected chi connectivity index (χ1v) is 7.80. The standard InChI is InChI=1S/C18H22N2O/c1-2-18(21)20(15-7-3-4-8-15)12-11-14-13-19-17-10-6-5-9-16(14)17/h3,5-7,9-10,13,15,19H,2,4,8,11-12H2,1H3/t15-/m1/s1. The largest absolute Gasteiger partial charge is 0.361 e. The number of hydrogen-bond donors (Lipinski definition) is 1. The summed E-state index contributed by atoms with van der Waals surface area (Å²) >= 11 is 0. The molecule has 21 heavy (non-hydrogen) atoms. The van der Waals surface area contributed by atoms with Crippen molar-refractivity contribution in [1.29, 1.82) is 0 Å². The van der Waals surface area contributed by atoms with Gasteiger partial charge in [0.15, 0.2) is 0 Å². The molecule has 3 rings (SSSR count). The Bertz CT molecular complexity index is 656. The van der Waals surface area contributed by atoms with Crippen molar-refractivity contribution in [2.45, 2.75) is 38.6 Å². The third-order valence-electron chi connectivity index (χ3n) is 4.31. The Morgan fingerprint density at radius 1 is 1.38 bits per heavy atom. The summed E-state index contributed by atoms with van der Waals surface area (Å²) in [4.78, 5) is 17.6. The van der Waals surface area contributed by atoms with Crippen LogP contribution in [0.4, 0.5) is 0 Å². The predicted molar refractivity (Wildman–Crippen MR) is 86.2 cm³/mol. The molecule has 1 aromatic carbocycles. The fraction of sp³-hybridized carbons (Fsp3) is 0.389. The lowest BCUT2D eigenvalue weighted by Gasteiger charge is -2.27. The SMILES string of the molecule is CCC(=O)N(CCc1c[nH]c2ccccc12)[C@@H]1C=CCC1. The molecule has 110 valence electrons. The summed E-state index contributed by atoms with van der Waals surface area (Å²) in [5, 5.41) is 1.27. The fourth-order valence-electron chi connectivity index (χ4n) is 3.13. The molecule has 2 aromatic rings. The zero-order valence-corrected chi connectivity index (χ0v) is 12.5. The molecule has 1 atom stereocenters. The van der Waals surface area contributed by atoms with Crippen LogP contribution >= 0.6 is 0 Å². The maximum atomic E-state index is 12.2. The van der Waals surface area contributed by atoms with Crippen molar-refractivity contribution in [2.75, 3.05) is 6.54 Å². The van der Waals surface area contributed by atoms with E-state index in [1.54, 1.807) is 0 Å². The summed E-state index contributed by atoms with van der Waals surface area (Å²) in [6.45, 7) is 2.74. The number of benzene rings is 1. The van der Waals surface area contributed by atoms with Crippen molar-refractivity contribution < 1.29 is 4.79 Å². The number of aromatic amines is 1. The number of H-pyrrole nitrogens is 1. The first-order chi connectivity index (χ1) is 10.3. The normalized spacial score (nSPS) is 17.5. The van der Waals surface area contributed by atoms with E-state index in [-0.39, 0.29) is 5.91 Å². The van der Waals surface area contributed by atoms with Crippen LogP contribution in [0.15, 0.2) is 42.6 Å². The maximum absolute atomic E-state index is 12.2. The molecule has 1 N–H and O–H groups in total. The number of nitrogens with one attached hydrogen (secondary N) is 1. The average molecular weight is 282 g/mol. The lowest BCUT2D eigenvalue weighted by molar-refractivity contribution is -0.132. The molecule has 1 heterocycles. The summed E-state index contributed by atoms with van der Waals surface area (Å²) in [6.07, 6.45) is 10.1. The molecule has 1 aromatic heterocycles. The Morgan fingerprint density at radius 2 is 2.24 bits per heavy atom. The number of nitrogens with zero attached hydrogens (tertiary/aromatic N) is 1. The van der Waals surface area contributed by atoms with Crippen LogP contribution < -0.4 is 0 Å². The van der Waals surface area contributed by atoms with Crippen LogP contribution in [-0.2, 0) is 11.2 Å². The third kappa shape index (κ3) is 2.87. The number of rotatable bonds is 5. The van der Waals surface area contributed by atoms with Gasteiger partial charge >= 0.3 is 0 Å². The molecular formula is C18H22N2O. The van der Waals surface area contributed by atoms with E-state index >= 15 is 0 Å². The minimum absolute atomic E-state index is 0.256. The smallest absolute Gasteiger partial charge is 0.222 e. The summed E-state index contributed by atoms with van der Waals surface area (Å²) in [5.74, 6) is 0.256. The Labute approximate surface area is 125 Å². The van der Waals surface area contributed by atoms with Gasteiger partial charge in [0.1, 0.15) is 0 Å². The second-order valence-electron chi connectivity index (χ2n) is 5.62. The Balaban J connectivity index is 1.74. The van der Waals surface area contributed by atoms with Crippen LogP contribution in [0.2, 0.25) is 0 Å². The quantitative estimate of drug-likeness (QED) is 0.835. The molecule has 0 unspecified atom stereocenters. The molecular weight excluding hydrogens is 260 g/mol. The van der Waals surface area contributed by atoms with Crippen molar-refractivity contribution in [2.24, 2.45) is 0 Å². The molecule has 1 amide bonds. The molecule has 0 bridgehead atoms. The first-order valence-electron chi connectivity index (χ1n) is 7.80. The molecule has 0 saturated heterocycles. The van der Waals surface area contributed by atoms with Gasteiger partial charge in [-0.15, -0.1) is 0 Å². The monoisotopic (exact) mass is 282 g/mol. The number of aromatic nitrogens is 1. The van der Waals surface area contributed by atoms with Gasteiger partial charge in [0.2, 0.25) is 5.91 Å². The second-order valence-corrected chi connectivity index (χ2v) is 5.62. The van der Waals surface area contributed by atoms with Crippen LogP contribution in [0, 0.1) is 0 Å². The van der Waals surface area contributed by atoms with Gasteiger partial charge in [-0.05, 0) is 30.9 Å². The van der Waals surface area contributed by atoms with Gasteiger partial charge in [-0.25, -0.2) is 0 Å². The van der Waals surface area contributed by atoms with E-state index in [0.29, 0.717) is 12.5 Å². The van der Waals surface area contributed by atoms with E-state index in [9.17, 15) is 4.79 Å². The molecule has 0 fully saturated rings. The van der Waals surface area contributed by atoms with Gasteiger partial charge in [0.05, 0.1) is 6.04 Å². The summed E-state index contributed by atoms with van der Waals surface area (Å²) in [5.41, 5.74) is 2.46. The summed E-state index contributed by atoms with van der Waals surface area (Å²) in [6, 6.07) is 8.63. The van der Waals surface area contributed by atoms with Crippen molar-refractivity contribution in [3.8, 4) is 0 Å². The van der Waals surface area contributed by atoms with Gasteiger partial charge in [-0.2, -0.15) is 0 Å². The van der Waals surface area contributed by atoms with Crippen LogP contribution in [0.1, 0.15) is 31.7 Å². The van der Waals surface area contributed by atoms with Crippen LogP contribution in [-0.4, -0.2) is 28.4 Å². The van der Waals surface area contributed by atoms with E-state index in [1.165, 1.54) is 16.5 Å². The van der Waals surface area contributed by atoms with Gasteiger partial charge in [-0.3, -0.25) is 4.79 Å². The first kappa shape index (κ1) is 13.9. The molecule has 3 nitrogen and oxygen atoms in total. The Hall–Kier alpha value is -2.03. The number of carbonyl (C=O) groups excluding carboxylic acids is 1. The molecule has 0 aliphatic heterocycles. The lowest BCUT2D eigenvalue weighted by Crippen LogP contribution is -2.39. The maximum Gasteiger partial charge on any atom is 0.222 e. The van der Waals surface area contributed by atoms with Crippen molar-refractivity contribution in [1.82, 2.24) is 9.88 Å². The van der Waals surface area contributed by atoms with Crippen LogP contribution in [0.5, 0.6) is 0 Å². The van der Waals surface area contributed by atoms with E-state index in [4.69, 9.17) is 0 Å². The minimum atomic E-state index is 0.256. The Morgan fingerprint density at radius 3 is 3.00 bits per heavy atom. The zero-order valence-electron chi connectivity index (χ0n) is 12.5. The van der Waals surface area contributed by atoms with Gasteiger partial charge in [0.25, 0.3) is 0 Å². The van der Waals surface area contributed by atoms with Crippen LogP contribution in [0.25, 0.3) is 10.9 Å². The highest BCUT2D eigenvalue weighted by Crippen LogP contribution is 2.21. The molecule has 1 aliphatic rings. The van der Waals surface area contributed by atoms with Crippen molar-refractivity contribution >= 4 is 16.8 Å². The third-order valence-corrected chi connectivity index (χ3v) is 4.31. The molecule has 3 heteroatoms. The van der Waals surface area contributed by atoms with E-state index in [2.05, 4.69) is 41.5 Å². The average Bonchev–Trinajstić information content (AvgIpc) is 3.17. The highest BCUT2D eigenvalue weighted by molar-refractivity contribution is 5.83. The number of fused-ring (bicyclic) bond motifs is 1. The van der Waals surface area contributed by atoms with E-state index in [0.717, 1.165) is 25.8 Å². The second kappa shape index (κ2) is 6.17. The minimum Gasteiger partial charge on any atom is -0.361 e. The van der Waals surface area contributed by atoms with E-state index < -0.39 is 0 Å². The zero-order chi connectivity index (χ0) is 14.7. The fourth-order valence-corrected chi connectivity index (χ4v) is 3.13. The van der Waals surface area contributed by atoms with Crippen molar-refractivity contribution in [3.63, 3.8) is 0 Å². The number of allylic oxidation sites excluding steroid dienone is 1. The predicted octanol–water partition coefficient (Wildman–Crippen LogP) is 3.67. The summed E-state index contributed by atoms with van der Waals surface area (Å²) in [7, 11) is 0. The number of para-hydroxylation sites is 1. The van der Waals surface area contributed by atoms with Crippen LogP contribution in [0.3, 0.4) is 0 Å². The number of amides is 1. The molecule has 0 radical (unpaired) electrons. The van der Waals surface area contributed by atoms with Crippen molar-refractivity contribution in [3.05, 3.63) is 48.2 Å². The Kier molecular flexibility index (Phi) is 4.09. The highest BCUT2D eigenvalue weighted by atomic mass is 16.2. The van der Waals surface area contributed by atoms with Gasteiger partial charge in [-0.1, -0.05) is 37.3 Å². The number of hydrogen-bond acceptors (Lipinski definition) is 1. The highest BCUT2D eigenvalue weighted by Gasteiger charge is 2.22. The lowest BCUT2D eigenvalue weighted by atomic mass is 10.1. The number of carbonyl (C=O) groups is 1. The molecule has 0 saturated carbocycles. The summed E-state index contributed by atoms with van der Waals surface area (Å²) < 4.78 is 0. The van der Waals surface area contributed by atoms with Gasteiger partial charge in [0, 0.05) is 30.1 Å². The topological polar surface area (TPSA) is 36.1 Å².